The van der Waals surface area contributed by atoms with Crippen LogP contribution in [0.3, 0.4) is 0 Å². The van der Waals surface area contributed by atoms with Gasteiger partial charge in [-0.05, 0) is 49.9 Å². The second-order valence-electron chi connectivity index (χ2n) is 5.82. The summed E-state index contributed by atoms with van der Waals surface area (Å²) in [5.74, 6) is 0. The van der Waals surface area contributed by atoms with E-state index in [0.717, 1.165) is 44.5 Å². The standard InChI is InChI=1S/C15H22N2O3S/c1-20-14-8-10-17(11-9-14)13-4-2-12(3-5-13)16-21(18,19)15-6-7-15/h2-5,14-16H,6-11H2,1H3. The number of methoxy groups -OCH3 is 1. The van der Waals surface area contributed by atoms with Gasteiger partial charge in [0.05, 0.1) is 11.4 Å². The number of nitrogens with one attached hydrogen (secondary N) is 1. The first-order valence-electron chi connectivity index (χ1n) is 7.48. The van der Waals surface area contributed by atoms with Crippen LogP contribution in [0.4, 0.5) is 11.4 Å². The highest BCUT2D eigenvalue weighted by atomic mass is 32.2. The maximum absolute atomic E-state index is 11.9. The summed E-state index contributed by atoms with van der Waals surface area (Å²) in [5.41, 5.74) is 1.79. The van der Waals surface area contributed by atoms with E-state index in [-0.39, 0.29) is 5.25 Å². The first-order chi connectivity index (χ1) is 10.1. The number of hydrogen-bond donors (Lipinski definition) is 1. The number of sulfonamides is 1. The van der Waals surface area contributed by atoms with Gasteiger partial charge in [0.15, 0.2) is 0 Å². The minimum Gasteiger partial charge on any atom is -0.381 e. The van der Waals surface area contributed by atoms with Gasteiger partial charge < -0.3 is 9.64 Å². The van der Waals surface area contributed by atoms with Crippen LogP contribution in [0, 0.1) is 0 Å². The van der Waals surface area contributed by atoms with Crippen molar-refractivity contribution in [3.63, 3.8) is 0 Å². The van der Waals surface area contributed by atoms with Crippen LogP contribution < -0.4 is 9.62 Å². The molecule has 21 heavy (non-hydrogen) atoms. The fourth-order valence-electron chi connectivity index (χ4n) is 2.72. The van der Waals surface area contributed by atoms with Crippen LogP contribution in [0.25, 0.3) is 0 Å². The molecule has 1 aliphatic heterocycles. The van der Waals surface area contributed by atoms with Gasteiger partial charge in [0.2, 0.25) is 10.0 Å². The third-order valence-electron chi connectivity index (χ3n) is 4.23. The van der Waals surface area contributed by atoms with Gasteiger partial charge in [0.1, 0.15) is 0 Å². The Hall–Kier alpha value is -1.27. The number of benzene rings is 1. The van der Waals surface area contributed by atoms with Crippen LogP contribution >= 0.6 is 0 Å². The molecule has 3 rings (SSSR count). The summed E-state index contributed by atoms with van der Waals surface area (Å²) in [6.07, 6.45) is 3.99. The van der Waals surface area contributed by atoms with Crippen molar-refractivity contribution < 1.29 is 13.2 Å². The molecule has 1 saturated carbocycles. The van der Waals surface area contributed by atoms with Crippen molar-refractivity contribution in [3.8, 4) is 0 Å². The van der Waals surface area contributed by atoms with Gasteiger partial charge in [0.25, 0.3) is 0 Å². The Kier molecular flexibility index (Phi) is 4.08. The van der Waals surface area contributed by atoms with E-state index in [4.69, 9.17) is 4.74 Å². The molecule has 0 radical (unpaired) electrons. The Morgan fingerprint density at radius 1 is 1.10 bits per heavy atom. The predicted molar refractivity (Wildman–Crippen MR) is 84.3 cm³/mol. The van der Waals surface area contributed by atoms with E-state index in [1.165, 1.54) is 0 Å². The summed E-state index contributed by atoms with van der Waals surface area (Å²) in [7, 11) is -1.40. The Bertz CT molecular complexity index is 573. The highest BCUT2D eigenvalue weighted by Crippen LogP contribution is 2.30. The number of hydrogen-bond acceptors (Lipinski definition) is 4. The van der Waals surface area contributed by atoms with Gasteiger partial charge in [-0.1, -0.05) is 0 Å². The van der Waals surface area contributed by atoms with E-state index in [2.05, 4.69) is 9.62 Å². The predicted octanol–water partition coefficient (Wildman–Crippen LogP) is 2.21. The molecule has 0 aromatic heterocycles. The molecule has 1 aromatic rings. The molecule has 5 nitrogen and oxygen atoms in total. The van der Waals surface area contributed by atoms with Crippen LogP contribution in [0.5, 0.6) is 0 Å². The Morgan fingerprint density at radius 2 is 1.71 bits per heavy atom. The fraction of sp³-hybridized carbons (Fsp3) is 0.600. The second kappa shape index (κ2) is 5.85. The lowest BCUT2D eigenvalue weighted by molar-refractivity contribution is 0.0819. The molecule has 2 fully saturated rings. The zero-order chi connectivity index (χ0) is 14.9. The third-order valence-corrected chi connectivity index (χ3v) is 6.10. The van der Waals surface area contributed by atoms with Gasteiger partial charge >= 0.3 is 0 Å². The number of anilines is 2. The molecule has 0 bridgehead atoms. The lowest BCUT2D eigenvalue weighted by atomic mass is 10.1. The van der Waals surface area contributed by atoms with E-state index in [0.29, 0.717) is 11.8 Å². The molecule has 1 saturated heterocycles. The van der Waals surface area contributed by atoms with Gasteiger partial charge in [0, 0.05) is 31.6 Å². The van der Waals surface area contributed by atoms with E-state index in [1.807, 2.05) is 24.3 Å². The smallest absolute Gasteiger partial charge is 0.235 e. The molecule has 0 unspecified atom stereocenters. The van der Waals surface area contributed by atoms with E-state index in [1.54, 1.807) is 7.11 Å². The molecule has 1 aromatic carbocycles. The van der Waals surface area contributed by atoms with Crippen molar-refractivity contribution in [3.05, 3.63) is 24.3 Å². The Balaban J connectivity index is 1.62. The van der Waals surface area contributed by atoms with E-state index < -0.39 is 10.0 Å². The van der Waals surface area contributed by atoms with Crippen LogP contribution in [0.15, 0.2) is 24.3 Å². The highest BCUT2D eigenvalue weighted by Gasteiger charge is 2.35. The molecule has 0 spiro atoms. The van der Waals surface area contributed by atoms with Crippen LogP contribution in [0.2, 0.25) is 0 Å². The Labute approximate surface area is 126 Å². The average molecular weight is 310 g/mol. The number of nitrogens with zero attached hydrogens (tertiary/aromatic N) is 1. The summed E-state index contributed by atoms with van der Waals surface area (Å²) in [6.45, 7) is 1.96. The van der Waals surface area contributed by atoms with Gasteiger partial charge in [-0.25, -0.2) is 8.42 Å². The number of rotatable bonds is 5. The zero-order valence-electron chi connectivity index (χ0n) is 12.3. The SMILES string of the molecule is COC1CCN(c2ccc(NS(=O)(=O)C3CC3)cc2)CC1. The van der Waals surface area contributed by atoms with Gasteiger partial charge in [-0.15, -0.1) is 0 Å². The van der Waals surface area contributed by atoms with Crippen LogP contribution in [-0.2, 0) is 14.8 Å². The number of piperidine rings is 1. The molecular weight excluding hydrogens is 288 g/mol. The Morgan fingerprint density at radius 3 is 2.24 bits per heavy atom. The van der Waals surface area contributed by atoms with Crippen LogP contribution in [0.1, 0.15) is 25.7 Å². The van der Waals surface area contributed by atoms with Crippen molar-refractivity contribution in [2.24, 2.45) is 0 Å². The molecule has 1 N–H and O–H groups in total. The maximum atomic E-state index is 11.9. The second-order valence-corrected chi connectivity index (χ2v) is 7.78. The molecule has 0 amide bonds. The molecule has 116 valence electrons. The van der Waals surface area contributed by atoms with E-state index in [9.17, 15) is 8.42 Å². The summed E-state index contributed by atoms with van der Waals surface area (Å²) < 4.78 is 31.8. The number of ether oxygens (including phenoxy) is 1. The van der Waals surface area contributed by atoms with Crippen molar-refractivity contribution in [2.45, 2.75) is 37.0 Å². The fourth-order valence-corrected chi connectivity index (χ4v) is 4.10. The molecule has 0 atom stereocenters. The summed E-state index contributed by atoms with van der Waals surface area (Å²) in [5, 5.41) is -0.190. The summed E-state index contributed by atoms with van der Waals surface area (Å²) in [4.78, 5) is 2.31. The summed E-state index contributed by atoms with van der Waals surface area (Å²) in [6, 6.07) is 7.66. The van der Waals surface area contributed by atoms with Crippen molar-refractivity contribution in [1.82, 2.24) is 0 Å². The van der Waals surface area contributed by atoms with Crippen molar-refractivity contribution in [2.75, 3.05) is 29.8 Å². The van der Waals surface area contributed by atoms with Gasteiger partial charge in [-0.3, -0.25) is 4.72 Å². The topological polar surface area (TPSA) is 58.6 Å². The van der Waals surface area contributed by atoms with Crippen molar-refractivity contribution in [1.29, 1.82) is 0 Å². The quantitative estimate of drug-likeness (QED) is 0.906. The molecule has 1 heterocycles. The molecular formula is C15H22N2O3S. The minimum absolute atomic E-state index is 0.190. The minimum atomic E-state index is -3.17. The zero-order valence-corrected chi connectivity index (χ0v) is 13.1. The first kappa shape index (κ1) is 14.7. The van der Waals surface area contributed by atoms with Crippen molar-refractivity contribution >= 4 is 21.4 Å². The monoisotopic (exact) mass is 310 g/mol. The molecule has 2 aliphatic rings. The lowest BCUT2D eigenvalue weighted by Crippen LogP contribution is -2.36. The van der Waals surface area contributed by atoms with Gasteiger partial charge in [-0.2, -0.15) is 0 Å². The first-order valence-corrected chi connectivity index (χ1v) is 9.02. The largest absolute Gasteiger partial charge is 0.381 e. The normalized spacial score (nSPS) is 20.5. The lowest BCUT2D eigenvalue weighted by Gasteiger charge is -2.33. The third kappa shape index (κ3) is 3.49. The molecule has 1 aliphatic carbocycles. The van der Waals surface area contributed by atoms with E-state index >= 15 is 0 Å². The average Bonchev–Trinajstić information content (AvgIpc) is 3.33. The van der Waals surface area contributed by atoms with Crippen LogP contribution in [-0.4, -0.2) is 40.0 Å². The molecule has 6 heteroatoms. The summed E-state index contributed by atoms with van der Waals surface area (Å²) >= 11 is 0. The highest BCUT2D eigenvalue weighted by molar-refractivity contribution is 7.93. The maximum Gasteiger partial charge on any atom is 0.235 e.